The van der Waals surface area contributed by atoms with Crippen molar-refractivity contribution in [3.8, 4) is 5.75 Å². The molecule has 7 nitrogen and oxygen atoms in total. The van der Waals surface area contributed by atoms with Crippen molar-refractivity contribution in [2.75, 3.05) is 19.8 Å². The van der Waals surface area contributed by atoms with Gasteiger partial charge in [0.1, 0.15) is 18.1 Å². The first kappa shape index (κ1) is 18.1. The number of H-pyrrole nitrogens is 1. The van der Waals surface area contributed by atoms with Crippen LogP contribution in [0, 0.1) is 5.92 Å². The second-order valence-corrected chi connectivity index (χ2v) is 6.42. The Hall–Kier alpha value is -2.67. The smallest absolute Gasteiger partial charge is 0.271 e. The maximum absolute atomic E-state index is 12.2. The van der Waals surface area contributed by atoms with E-state index >= 15 is 0 Å². The third kappa shape index (κ3) is 4.92. The van der Waals surface area contributed by atoms with Crippen molar-refractivity contribution < 1.29 is 19.1 Å². The summed E-state index contributed by atoms with van der Waals surface area (Å²) in [5.41, 5.74) is 1.63. The molecule has 0 bridgehead atoms. The number of ketones is 1. The van der Waals surface area contributed by atoms with Crippen molar-refractivity contribution in [2.24, 2.45) is 5.92 Å². The maximum atomic E-state index is 12.2. The quantitative estimate of drug-likeness (QED) is 0.742. The minimum absolute atomic E-state index is 0.0134. The van der Waals surface area contributed by atoms with Crippen LogP contribution in [-0.4, -0.2) is 41.6 Å². The van der Waals surface area contributed by atoms with Crippen LogP contribution < -0.4 is 10.1 Å². The van der Waals surface area contributed by atoms with Crippen LogP contribution in [0.25, 0.3) is 0 Å². The first-order valence-electron chi connectivity index (χ1n) is 8.76. The average molecular weight is 357 g/mol. The van der Waals surface area contributed by atoms with Gasteiger partial charge < -0.3 is 14.8 Å². The SMILES string of the molecule is CC(=O)c1cccc(OCc2cc(C(=O)NCC3CCOCC3)n[nH]2)c1. The van der Waals surface area contributed by atoms with E-state index in [1.165, 1.54) is 6.92 Å². The first-order chi connectivity index (χ1) is 12.6. The molecule has 2 heterocycles. The largest absolute Gasteiger partial charge is 0.487 e. The Morgan fingerprint density at radius 1 is 1.31 bits per heavy atom. The lowest BCUT2D eigenvalue weighted by molar-refractivity contribution is 0.0642. The highest BCUT2D eigenvalue weighted by atomic mass is 16.5. The molecule has 1 fully saturated rings. The Labute approximate surface area is 152 Å². The van der Waals surface area contributed by atoms with Crippen molar-refractivity contribution in [1.29, 1.82) is 0 Å². The van der Waals surface area contributed by atoms with Gasteiger partial charge in [-0.3, -0.25) is 14.7 Å². The molecule has 1 saturated heterocycles. The number of ether oxygens (including phenoxy) is 2. The molecule has 26 heavy (non-hydrogen) atoms. The molecule has 1 amide bonds. The van der Waals surface area contributed by atoms with Crippen LogP contribution in [0.2, 0.25) is 0 Å². The van der Waals surface area contributed by atoms with Crippen LogP contribution >= 0.6 is 0 Å². The number of hydrogen-bond donors (Lipinski definition) is 2. The summed E-state index contributed by atoms with van der Waals surface area (Å²) in [4.78, 5) is 23.6. The number of carbonyl (C=O) groups is 2. The molecule has 0 radical (unpaired) electrons. The van der Waals surface area contributed by atoms with Crippen LogP contribution in [0.15, 0.2) is 30.3 Å². The van der Waals surface area contributed by atoms with E-state index in [0.29, 0.717) is 35.2 Å². The third-order valence-corrected chi connectivity index (χ3v) is 4.39. The molecule has 3 rings (SSSR count). The van der Waals surface area contributed by atoms with Gasteiger partial charge in [-0.15, -0.1) is 0 Å². The van der Waals surface area contributed by atoms with Crippen molar-refractivity contribution in [1.82, 2.24) is 15.5 Å². The Kier molecular flexibility index (Phi) is 6.01. The lowest BCUT2D eigenvalue weighted by Gasteiger charge is -2.21. The van der Waals surface area contributed by atoms with Gasteiger partial charge in [0.2, 0.25) is 0 Å². The molecule has 2 N–H and O–H groups in total. The van der Waals surface area contributed by atoms with Gasteiger partial charge in [0.25, 0.3) is 5.91 Å². The van der Waals surface area contributed by atoms with Gasteiger partial charge in [-0.2, -0.15) is 5.10 Å². The van der Waals surface area contributed by atoms with Gasteiger partial charge in [0.05, 0.1) is 5.69 Å². The summed E-state index contributed by atoms with van der Waals surface area (Å²) in [6, 6.07) is 8.67. The first-order valence-corrected chi connectivity index (χ1v) is 8.76. The molecule has 0 saturated carbocycles. The van der Waals surface area contributed by atoms with Crippen LogP contribution in [-0.2, 0) is 11.3 Å². The molecule has 0 unspecified atom stereocenters. The molecular formula is C19H23N3O4. The summed E-state index contributed by atoms with van der Waals surface area (Å²) in [5, 5.41) is 9.77. The van der Waals surface area contributed by atoms with E-state index in [0.717, 1.165) is 26.1 Å². The Morgan fingerprint density at radius 3 is 2.88 bits per heavy atom. The highest BCUT2D eigenvalue weighted by Crippen LogP contribution is 2.16. The van der Waals surface area contributed by atoms with Gasteiger partial charge in [0.15, 0.2) is 5.78 Å². The molecule has 1 aromatic heterocycles. The normalized spacial score (nSPS) is 14.8. The van der Waals surface area contributed by atoms with E-state index in [1.54, 1.807) is 30.3 Å². The van der Waals surface area contributed by atoms with Crippen LogP contribution in [0.5, 0.6) is 5.75 Å². The van der Waals surface area contributed by atoms with Crippen LogP contribution in [0.1, 0.15) is 46.3 Å². The van der Waals surface area contributed by atoms with Crippen molar-refractivity contribution in [3.63, 3.8) is 0 Å². The number of aromatic amines is 1. The summed E-state index contributed by atoms with van der Waals surface area (Å²) < 4.78 is 11.0. The van der Waals surface area contributed by atoms with Gasteiger partial charge >= 0.3 is 0 Å². The van der Waals surface area contributed by atoms with Crippen molar-refractivity contribution in [2.45, 2.75) is 26.4 Å². The fourth-order valence-corrected chi connectivity index (χ4v) is 2.80. The highest BCUT2D eigenvalue weighted by Gasteiger charge is 2.16. The minimum Gasteiger partial charge on any atom is -0.487 e. The second kappa shape index (κ2) is 8.62. The Balaban J connectivity index is 1.50. The topological polar surface area (TPSA) is 93.3 Å². The highest BCUT2D eigenvalue weighted by molar-refractivity contribution is 5.94. The molecular weight excluding hydrogens is 334 g/mol. The number of rotatable bonds is 7. The van der Waals surface area contributed by atoms with E-state index in [4.69, 9.17) is 9.47 Å². The third-order valence-electron chi connectivity index (χ3n) is 4.39. The number of benzene rings is 1. The number of Topliss-reactive ketones (excluding diaryl/α,β-unsaturated/α-hetero) is 1. The Morgan fingerprint density at radius 2 is 2.12 bits per heavy atom. The number of amides is 1. The average Bonchev–Trinajstić information content (AvgIpc) is 3.15. The molecule has 2 aromatic rings. The lowest BCUT2D eigenvalue weighted by Crippen LogP contribution is -2.32. The van der Waals surface area contributed by atoms with Gasteiger partial charge in [-0.05, 0) is 43.9 Å². The number of aromatic nitrogens is 2. The molecule has 1 aliphatic rings. The van der Waals surface area contributed by atoms with Gasteiger partial charge in [-0.1, -0.05) is 12.1 Å². The number of nitrogens with one attached hydrogen (secondary N) is 2. The maximum Gasteiger partial charge on any atom is 0.271 e. The second-order valence-electron chi connectivity index (χ2n) is 6.42. The summed E-state index contributed by atoms with van der Waals surface area (Å²) in [6.07, 6.45) is 1.94. The predicted octanol–water partition coefficient (Wildman–Crippen LogP) is 2.35. The lowest BCUT2D eigenvalue weighted by atomic mass is 10.0. The summed E-state index contributed by atoms with van der Waals surface area (Å²) in [5.74, 6) is 0.846. The van der Waals surface area contributed by atoms with Crippen molar-refractivity contribution in [3.05, 3.63) is 47.3 Å². The summed E-state index contributed by atoms with van der Waals surface area (Å²) in [6.45, 7) is 3.91. The molecule has 138 valence electrons. The molecule has 7 heteroatoms. The zero-order valence-electron chi connectivity index (χ0n) is 14.8. The zero-order valence-corrected chi connectivity index (χ0v) is 14.8. The van der Waals surface area contributed by atoms with E-state index in [2.05, 4.69) is 15.5 Å². The molecule has 1 aliphatic heterocycles. The van der Waals surface area contributed by atoms with E-state index < -0.39 is 0 Å². The molecule has 0 spiro atoms. The monoisotopic (exact) mass is 357 g/mol. The Bertz CT molecular complexity index is 766. The van der Waals surface area contributed by atoms with E-state index in [-0.39, 0.29) is 18.3 Å². The van der Waals surface area contributed by atoms with Crippen molar-refractivity contribution >= 4 is 11.7 Å². The number of carbonyl (C=O) groups excluding carboxylic acids is 2. The minimum atomic E-state index is -0.197. The van der Waals surface area contributed by atoms with Crippen LogP contribution in [0.4, 0.5) is 0 Å². The van der Waals surface area contributed by atoms with Crippen LogP contribution in [0.3, 0.4) is 0 Å². The zero-order chi connectivity index (χ0) is 18.4. The van der Waals surface area contributed by atoms with E-state index in [1.807, 2.05) is 0 Å². The molecule has 0 aliphatic carbocycles. The number of nitrogens with zero attached hydrogens (tertiary/aromatic N) is 1. The van der Waals surface area contributed by atoms with Gasteiger partial charge in [-0.25, -0.2) is 0 Å². The fraction of sp³-hybridized carbons (Fsp3) is 0.421. The fourth-order valence-electron chi connectivity index (χ4n) is 2.80. The van der Waals surface area contributed by atoms with Gasteiger partial charge in [0, 0.05) is 25.3 Å². The molecule has 1 aromatic carbocycles. The predicted molar refractivity (Wildman–Crippen MR) is 95.2 cm³/mol. The standard InChI is InChI=1S/C19H23N3O4/c1-13(23)15-3-2-4-17(9-15)26-12-16-10-18(22-21-16)19(24)20-11-14-5-7-25-8-6-14/h2-4,9-10,14H,5-8,11-12H2,1H3,(H,20,24)(H,21,22). The van der Waals surface area contributed by atoms with E-state index in [9.17, 15) is 9.59 Å². The summed E-state index contributed by atoms with van der Waals surface area (Å²) >= 11 is 0. The number of hydrogen-bond acceptors (Lipinski definition) is 5. The molecule has 0 atom stereocenters. The summed E-state index contributed by atoms with van der Waals surface area (Å²) in [7, 11) is 0.